The molecule has 1 aliphatic rings. The zero-order valence-electron chi connectivity index (χ0n) is 11.0. The van der Waals surface area contributed by atoms with E-state index in [1.165, 1.54) is 6.42 Å². The zero-order valence-corrected chi connectivity index (χ0v) is 11.8. The van der Waals surface area contributed by atoms with Gasteiger partial charge in [-0.25, -0.2) is 0 Å². The summed E-state index contributed by atoms with van der Waals surface area (Å²) in [6, 6.07) is 0. The topological polar surface area (TPSA) is 46.2 Å². The second kappa shape index (κ2) is 5.74. The Morgan fingerprint density at radius 2 is 2.06 bits per heavy atom. The molecule has 2 atom stereocenters. The zero-order chi connectivity index (χ0) is 12.2. The molecule has 0 saturated heterocycles. The first kappa shape index (κ1) is 14.3. The van der Waals surface area contributed by atoms with E-state index in [2.05, 4.69) is 20.8 Å². The number of nitrogens with two attached hydrogens (primary N) is 1. The number of hydrogen-bond acceptors (Lipinski definition) is 3. The lowest BCUT2D eigenvalue weighted by atomic mass is 9.60. The van der Waals surface area contributed by atoms with Crippen LogP contribution in [0.25, 0.3) is 0 Å². The van der Waals surface area contributed by atoms with Crippen LogP contribution in [-0.4, -0.2) is 29.3 Å². The fraction of sp³-hybridized carbons (Fsp3) is 1.00. The van der Waals surface area contributed by atoms with Crippen LogP contribution in [0.4, 0.5) is 0 Å². The monoisotopic (exact) mass is 245 g/mol. The van der Waals surface area contributed by atoms with E-state index < -0.39 is 0 Å². The summed E-state index contributed by atoms with van der Waals surface area (Å²) in [6.07, 6.45) is 4.25. The van der Waals surface area contributed by atoms with Crippen molar-refractivity contribution in [1.82, 2.24) is 0 Å². The third-order valence-electron chi connectivity index (χ3n) is 4.17. The summed E-state index contributed by atoms with van der Waals surface area (Å²) in [5.41, 5.74) is 5.98. The first-order chi connectivity index (χ1) is 7.48. The Morgan fingerprint density at radius 1 is 1.38 bits per heavy atom. The minimum atomic E-state index is -0.240. The molecular weight excluding hydrogens is 218 g/mol. The van der Waals surface area contributed by atoms with Gasteiger partial charge in [-0.15, -0.1) is 0 Å². The Balaban J connectivity index is 2.69. The van der Waals surface area contributed by atoms with E-state index in [1.54, 1.807) is 0 Å². The fourth-order valence-corrected chi connectivity index (χ4v) is 3.84. The largest absolute Gasteiger partial charge is 0.392 e. The third-order valence-corrected chi connectivity index (χ3v) is 5.07. The summed E-state index contributed by atoms with van der Waals surface area (Å²) in [7, 11) is 0. The molecule has 2 unspecified atom stereocenters. The molecule has 0 radical (unpaired) electrons. The van der Waals surface area contributed by atoms with Gasteiger partial charge in [0.05, 0.1) is 6.10 Å². The van der Waals surface area contributed by atoms with Crippen LogP contribution in [0.1, 0.15) is 46.5 Å². The molecule has 16 heavy (non-hydrogen) atoms. The lowest BCUT2D eigenvalue weighted by molar-refractivity contribution is -0.0898. The molecule has 0 aromatic carbocycles. The fourth-order valence-electron chi connectivity index (χ4n) is 3.00. The third kappa shape index (κ3) is 2.93. The van der Waals surface area contributed by atoms with Crippen LogP contribution in [0.2, 0.25) is 0 Å². The molecule has 96 valence electrons. The Bertz CT molecular complexity index is 220. The molecule has 0 bridgehead atoms. The van der Waals surface area contributed by atoms with Gasteiger partial charge in [0.25, 0.3) is 0 Å². The summed E-state index contributed by atoms with van der Waals surface area (Å²) in [5.74, 6) is 2.28. The van der Waals surface area contributed by atoms with Gasteiger partial charge in [0.1, 0.15) is 0 Å². The van der Waals surface area contributed by atoms with Crippen molar-refractivity contribution in [2.75, 3.05) is 18.1 Å². The molecular formula is C13H27NOS. The van der Waals surface area contributed by atoms with Crippen molar-refractivity contribution in [2.24, 2.45) is 16.6 Å². The van der Waals surface area contributed by atoms with E-state index in [9.17, 15) is 5.11 Å². The molecule has 0 spiro atoms. The van der Waals surface area contributed by atoms with Crippen molar-refractivity contribution in [3.05, 3.63) is 0 Å². The van der Waals surface area contributed by atoms with Crippen molar-refractivity contribution >= 4 is 11.8 Å². The SMILES string of the molecule is CCSCCC1(CN)CCCC(C)(C)C1O. The highest BCUT2D eigenvalue weighted by atomic mass is 32.2. The van der Waals surface area contributed by atoms with E-state index in [0.717, 1.165) is 30.8 Å². The Labute approximate surface area is 104 Å². The minimum Gasteiger partial charge on any atom is -0.392 e. The second-order valence-corrected chi connectivity index (χ2v) is 7.15. The average molecular weight is 245 g/mol. The smallest absolute Gasteiger partial charge is 0.0659 e. The molecule has 1 fully saturated rings. The molecule has 0 aromatic rings. The van der Waals surface area contributed by atoms with Crippen LogP contribution in [0, 0.1) is 10.8 Å². The highest BCUT2D eigenvalue weighted by molar-refractivity contribution is 7.99. The quantitative estimate of drug-likeness (QED) is 0.732. The van der Waals surface area contributed by atoms with Gasteiger partial charge in [0.15, 0.2) is 0 Å². The van der Waals surface area contributed by atoms with Crippen molar-refractivity contribution in [3.8, 4) is 0 Å². The van der Waals surface area contributed by atoms with Crippen molar-refractivity contribution < 1.29 is 5.11 Å². The normalized spacial score (nSPS) is 33.9. The first-order valence-corrected chi connectivity index (χ1v) is 7.60. The molecule has 0 aromatic heterocycles. The van der Waals surface area contributed by atoms with E-state index >= 15 is 0 Å². The Morgan fingerprint density at radius 3 is 2.62 bits per heavy atom. The Kier molecular flexibility index (Phi) is 5.14. The van der Waals surface area contributed by atoms with Gasteiger partial charge in [-0.3, -0.25) is 0 Å². The molecule has 3 N–H and O–H groups in total. The predicted molar refractivity (Wildman–Crippen MR) is 72.7 cm³/mol. The van der Waals surface area contributed by atoms with E-state index in [4.69, 9.17) is 5.73 Å². The van der Waals surface area contributed by atoms with Crippen LogP contribution in [0.15, 0.2) is 0 Å². The number of aliphatic hydroxyl groups excluding tert-OH is 1. The van der Waals surface area contributed by atoms with Crippen LogP contribution < -0.4 is 5.73 Å². The second-order valence-electron chi connectivity index (χ2n) is 5.76. The number of rotatable bonds is 5. The van der Waals surface area contributed by atoms with E-state index in [-0.39, 0.29) is 16.9 Å². The van der Waals surface area contributed by atoms with Gasteiger partial charge >= 0.3 is 0 Å². The van der Waals surface area contributed by atoms with Gasteiger partial charge in [0, 0.05) is 12.0 Å². The summed E-state index contributed by atoms with van der Waals surface area (Å²) in [4.78, 5) is 0. The molecule has 2 nitrogen and oxygen atoms in total. The standard InChI is InChI=1S/C13H27NOS/c1-4-16-9-8-13(10-14)7-5-6-12(2,3)11(13)15/h11,15H,4-10,14H2,1-3H3. The van der Waals surface area contributed by atoms with Crippen molar-refractivity contribution in [3.63, 3.8) is 0 Å². The van der Waals surface area contributed by atoms with Gasteiger partial charge in [0.2, 0.25) is 0 Å². The maximum Gasteiger partial charge on any atom is 0.0659 e. The van der Waals surface area contributed by atoms with Crippen LogP contribution in [-0.2, 0) is 0 Å². The minimum absolute atomic E-state index is 0.0239. The average Bonchev–Trinajstić information content (AvgIpc) is 2.25. The Hall–Kier alpha value is 0.270. The van der Waals surface area contributed by atoms with Gasteiger partial charge in [-0.05, 0) is 36.2 Å². The molecule has 1 aliphatic carbocycles. The molecule has 3 heteroatoms. The van der Waals surface area contributed by atoms with E-state index in [0.29, 0.717) is 6.54 Å². The lowest BCUT2D eigenvalue weighted by Crippen LogP contribution is -2.52. The molecule has 0 heterocycles. The maximum absolute atomic E-state index is 10.6. The highest BCUT2D eigenvalue weighted by Crippen LogP contribution is 2.48. The maximum atomic E-state index is 10.6. The molecule has 0 amide bonds. The van der Waals surface area contributed by atoms with Gasteiger partial charge in [-0.2, -0.15) is 11.8 Å². The summed E-state index contributed by atoms with van der Waals surface area (Å²) >= 11 is 1.95. The van der Waals surface area contributed by atoms with Crippen LogP contribution in [0.3, 0.4) is 0 Å². The van der Waals surface area contributed by atoms with Crippen LogP contribution >= 0.6 is 11.8 Å². The number of hydrogen-bond donors (Lipinski definition) is 2. The van der Waals surface area contributed by atoms with Gasteiger partial charge < -0.3 is 10.8 Å². The summed E-state index contributed by atoms with van der Waals surface area (Å²) in [6.45, 7) is 7.16. The molecule has 0 aliphatic heterocycles. The molecule has 1 saturated carbocycles. The predicted octanol–water partition coefficient (Wildman–Crippen LogP) is 2.65. The summed E-state index contributed by atoms with van der Waals surface area (Å²) < 4.78 is 0. The van der Waals surface area contributed by atoms with Gasteiger partial charge in [-0.1, -0.05) is 27.2 Å². The van der Waals surface area contributed by atoms with Crippen molar-refractivity contribution in [1.29, 1.82) is 0 Å². The van der Waals surface area contributed by atoms with Crippen molar-refractivity contribution in [2.45, 2.75) is 52.6 Å². The highest BCUT2D eigenvalue weighted by Gasteiger charge is 2.47. The lowest BCUT2D eigenvalue weighted by Gasteiger charge is -2.49. The number of aliphatic hydroxyl groups is 1. The molecule has 1 rings (SSSR count). The summed E-state index contributed by atoms with van der Waals surface area (Å²) in [5, 5.41) is 10.6. The first-order valence-electron chi connectivity index (χ1n) is 6.44. The van der Waals surface area contributed by atoms with Crippen LogP contribution in [0.5, 0.6) is 0 Å². The number of thioether (sulfide) groups is 1. The van der Waals surface area contributed by atoms with E-state index in [1.807, 2.05) is 11.8 Å².